The van der Waals surface area contributed by atoms with E-state index >= 15 is 0 Å². The van der Waals surface area contributed by atoms with Gasteiger partial charge in [0.25, 0.3) is 5.91 Å². The molecule has 202 valence electrons. The predicted octanol–water partition coefficient (Wildman–Crippen LogP) is 6.50. The Balaban J connectivity index is 1.52. The number of hydrazone groups is 1. The van der Waals surface area contributed by atoms with Crippen molar-refractivity contribution < 1.29 is 13.2 Å². The molecule has 0 aliphatic rings. The van der Waals surface area contributed by atoms with E-state index in [1.165, 1.54) is 18.3 Å². The fourth-order valence-corrected chi connectivity index (χ4v) is 6.29. The van der Waals surface area contributed by atoms with Crippen molar-refractivity contribution in [2.24, 2.45) is 5.10 Å². The number of halogens is 3. The average molecular weight is 648 g/mol. The maximum Gasteiger partial charge on any atom is 0.255 e. The van der Waals surface area contributed by atoms with Gasteiger partial charge < -0.3 is 4.57 Å². The lowest BCUT2D eigenvalue weighted by atomic mass is 10.2. The van der Waals surface area contributed by atoms with E-state index in [0.29, 0.717) is 10.0 Å². The number of carbonyl (C=O) groups excluding carboxylic acids is 1. The molecule has 0 aliphatic heterocycles. The number of hydrogen-bond acceptors (Lipinski definition) is 4. The summed E-state index contributed by atoms with van der Waals surface area (Å²) in [5, 5.41) is 5.13. The first-order valence-electron chi connectivity index (χ1n) is 11.8. The summed E-state index contributed by atoms with van der Waals surface area (Å²) in [6.45, 7) is 3.47. The van der Waals surface area contributed by atoms with Gasteiger partial charge in [0.05, 0.1) is 17.7 Å². The van der Waals surface area contributed by atoms with E-state index in [4.69, 9.17) is 23.2 Å². The molecule has 1 heterocycles. The van der Waals surface area contributed by atoms with Gasteiger partial charge in [0.15, 0.2) is 0 Å². The lowest BCUT2D eigenvalue weighted by Crippen LogP contribution is -2.39. The molecule has 1 N–H and O–H groups in total. The van der Waals surface area contributed by atoms with E-state index in [9.17, 15) is 13.2 Å². The number of aromatic nitrogens is 1. The van der Waals surface area contributed by atoms with E-state index in [1.807, 2.05) is 66.9 Å². The van der Waals surface area contributed by atoms with Gasteiger partial charge in [0.1, 0.15) is 0 Å². The van der Waals surface area contributed by atoms with Crippen LogP contribution in [0.15, 0.2) is 93.3 Å². The largest absolute Gasteiger partial charge is 0.318 e. The standard InChI is InChI=1S/C28H25BrCl2N4O3S/c1-19-12-22(20(2)35(19)26-14-24(30)13-25(31)15-26)16-32-33-28(36)18-34(17-21-6-4-3-5-7-21)39(37,38)27-10-8-23(29)9-11-27/h3-16H,17-18H2,1-2H3,(H,33,36)/b32-16+. The Kier molecular flexibility index (Phi) is 9.30. The summed E-state index contributed by atoms with van der Waals surface area (Å²) in [5.74, 6) is -0.571. The van der Waals surface area contributed by atoms with Gasteiger partial charge in [-0.1, -0.05) is 69.5 Å². The summed E-state index contributed by atoms with van der Waals surface area (Å²) in [5.41, 5.74) is 6.58. The van der Waals surface area contributed by atoms with Crippen molar-refractivity contribution in [1.29, 1.82) is 0 Å². The molecule has 0 unspecified atom stereocenters. The number of carbonyl (C=O) groups is 1. The Morgan fingerprint density at radius 3 is 2.28 bits per heavy atom. The highest BCUT2D eigenvalue weighted by Crippen LogP contribution is 2.26. The molecule has 4 aromatic rings. The zero-order valence-electron chi connectivity index (χ0n) is 21.1. The fourth-order valence-electron chi connectivity index (χ4n) is 4.12. The van der Waals surface area contributed by atoms with E-state index < -0.39 is 22.5 Å². The number of rotatable bonds is 9. The lowest BCUT2D eigenvalue weighted by Gasteiger charge is -2.21. The van der Waals surface area contributed by atoms with Crippen LogP contribution < -0.4 is 5.43 Å². The van der Waals surface area contributed by atoms with Crippen molar-refractivity contribution in [1.82, 2.24) is 14.3 Å². The molecule has 39 heavy (non-hydrogen) atoms. The highest BCUT2D eigenvalue weighted by molar-refractivity contribution is 9.10. The van der Waals surface area contributed by atoms with E-state index in [2.05, 4.69) is 26.5 Å². The van der Waals surface area contributed by atoms with Crippen LogP contribution in [0.2, 0.25) is 10.0 Å². The molecule has 0 aliphatic carbocycles. The van der Waals surface area contributed by atoms with E-state index in [-0.39, 0.29) is 11.4 Å². The third-order valence-corrected chi connectivity index (χ3v) is 8.71. The maximum atomic E-state index is 13.4. The van der Waals surface area contributed by atoms with Crippen LogP contribution in [-0.4, -0.2) is 36.0 Å². The molecule has 0 radical (unpaired) electrons. The van der Waals surface area contributed by atoms with Crippen molar-refractivity contribution in [2.45, 2.75) is 25.3 Å². The van der Waals surface area contributed by atoms with Crippen LogP contribution in [0.5, 0.6) is 0 Å². The van der Waals surface area contributed by atoms with E-state index in [0.717, 1.165) is 37.0 Å². The summed E-state index contributed by atoms with van der Waals surface area (Å²) < 4.78 is 30.7. The minimum absolute atomic E-state index is 0.0275. The molecule has 0 saturated carbocycles. The number of benzene rings is 3. The topological polar surface area (TPSA) is 83.8 Å². The van der Waals surface area contributed by atoms with Crippen molar-refractivity contribution in [3.63, 3.8) is 0 Å². The van der Waals surface area contributed by atoms with Gasteiger partial charge >= 0.3 is 0 Å². The zero-order valence-corrected chi connectivity index (χ0v) is 25.0. The summed E-state index contributed by atoms with van der Waals surface area (Å²) in [6.07, 6.45) is 1.52. The quantitative estimate of drug-likeness (QED) is 0.166. The molecule has 4 rings (SSSR count). The summed E-state index contributed by atoms with van der Waals surface area (Å²) in [7, 11) is -3.96. The number of amides is 1. The molecule has 0 spiro atoms. The van der Waals surface area contributed by atoms with Gasteiger partial charge in [0, 0.05) is 43.7 Å². The van der Waals surface area contributed by atoms with Gasteiger partial charge in [-0.05, 0) is 67.9 Å². The SMILES string of the molecule is Cc1cc(/C=N/NC(=O)CN(Cc2ccccc2)S(=O)(=O)c2ccc(Br)cc2)c(C)n1-c1cc(Cl)cc(Cl)c1. The Hall–Kier alpha value is -2.95. The number of aryl methyl sites for hydroxylation is 1. The first-order valence-corrected chi connectivity index (χ1v) is 14.8. The number of hydrogen-bond donors (Lipinski definition) is 1. The highest BCUT2D eigenvalue weighted by Gasteiger charge is 2.27. The van der Waals surface area contributed by atoms with Crippen molar-refractivity contribution in [3.8, 4) is 5.69 Å². The molecule has 1 aromatic heterocycles. The zero-order chi connectivity index (χ0) is 28.2. The molecule has 3 aromatic carbocycles. The molecule has 0 bridgehead atoms. The Morgan fingerprint density at radius 2 is 1.64 bits per heavy atom. The smallest absolute Gasteiger partial charge is 0.255 e. The predicted molar refractivity (Wildman–Crippen MR) is 159 cm³/mol. The highest BCUT2D eigenvalue weighted by atomic mass is 79.9. The first kappa shape index (κ1) is 29.0. The second-order valence-corrected chi connectivity index (χ2v) is 12.5. The van der Waals surface area contributed by atoms with Crippen LogP contribution in [0, 0.1) is 13.8 Å². The molecule has 7 nitrogen and oxygen atoms in total. The lowest BCUT2D eigenvalue weighted by molar-refractivity contribution is -0.121. The van der Waals surface area contributed by atoms with Crippen LogP contribution >= 0.6 is 39.1 Å². The van der Waals surface area contributed by atoms with Gasteiger partial charge in [-0.3, -0.25) is 4.79 Å². The second-order valence-electron chi connectivity index (χ2n) is 8.80. The normalized spacial score (nSPS) is 11.8. The fraction of sp³-hybridized carbons (Fsp3) is 0.143. The van der Waals surface area contributed by atoms with Gasteiger partial charge in [-0.15, -0.1) is 0 Å². The Labute approximate surface area is 246 Å². The molecule has 0 atom stereocenters. The second kappa shape index (κ2) is 12.5. The molecular weight excluding hydrogens is 623 g/mol. The maximum absolute atomic E-state index is 13.4. The summed E-state index contributed by atoms with van der Waals surface area (Å²) >= 11 is 15.7. The average Bonchev–Trinajstić information content (AvgIpc) is 3.16. The minimum atomic E-state index is -3.96. The number of nitrogens with one attached hydrogen (secondary N) is 1. The first-order chi connectivity index (χ1) is 18.5. The molecule has 11 heteroatoms. The van der Waals surface area contributed by atoms with Crippen molar-refractivity contribution >= 4 is 61.3 Å². The Morgan fingerprint density at radius 1 is 1.00 bits per heavy atom. The van der Waals surface area contributed by atoms with Crippen molar-refractivity contribution in [3.05, 3.63) is 116 Å². The van der Waals surface area contributed by atoms with Crippen LogP contribution in [0.4, 0.5) is 0 Å². The van der Waals surface area contributed by atoms with Crippen LogP contribution in [0.3, 0.4) is 0 Å². The Bertz CT molecular complexity index is 1600. The van der Waals surface area contributed by atoms with Crippen LogP contribution in [-0.2, 0) is 21.4 Å². The third-order valence-electron chi connectivity index (χ3n) is 5.94. The van der Waals surface area contributed by atoms with Gasteiger partial charge in [0.2, 0.25) is 10.0 Å². The van der Waals surface area contributed by atoms with Gasteiger partial charge in [-0.25, -0.2) is 13.8 Å². The monoisotopic (exact) mass is 646 g/mol. The minimum Gasteiger partial charge on any atom is -0.318 e. The van der Waals surface area contributed by atoms with Crippen LogP contribution in [0.25, 0.3) is 5.69 Å². The van der Waals surface area contributed by atoms with Crippen LogP contribution in [0.1, 0.15) is 22.5 Å². The summed E-state index contributed by atoms with van der Waals surface area (Å²) in [6, 6.07) is 22.6. The third kappa shape index (κ3) is 7.17. The molecular formula is C28H25BrCl2N4O3S. The number of nitrogens with zero attached hydrogens (tertiary/aromatic N) is 3. The van der Waals surface area contributed by atoms with E-state index in [1.54, 1.807) is 18.2 Å². The molecule has 1 amide bonds. The number of sulfonamides is 1. The summed E-state index contributed by atoms with van der Waals surface area (Å²) in [4.78, 5) is 12.9. The van der Waals surface area contributed by atoms with Gasteiger partial charge in [-0.2, -0.15) is 9.41 Å². The van der Waals surface area contributed by atoms with Crippen molar-refractivity contribution in [2.75, 3.05) is 6.54 Å². The molecule has 0 saturated heterocycles. The molecule has 0 fully saturated rings.